The lowest BCUT2D eigenvalue weighted by molar-refractivity contribution is -0.149. The number of nitrogens with one attached hydrogen (secondary N) is 2. The monoisotopic (exact) mass is 522 g/mol. The Morgan fingerprint density at radius 3 is 1.56 bits per heavy atom. The molecule has 0 radical (unpaired) electrons. The van der Waals surface area contributed by atoms with Gasteiger partial charge < -0.3 is 9.84 Å². The molecule has 196 valence electrons. The van der Waals surface area contributed by atoms with Crippen molar-refractivity contribution in [2.45, 2.75) is 94.7 Å². The predicted molar refractivity (Wildman–Crippen MR) is 126 cm³/mol. The van der Waals surface area contributed by atoms with Gasteiger partial charge in [0.1, 0.15) is 0 Å². The van der Waals surface area contributed by atoms with E-state index in [0.29, 0.717) is 25.9 Å². The average Bonchev–Trinajstić information content (AvgIpc) is 3.63. The minimum atomic E-state index is -3.19. The summed E-state index contributed by atoms with van der Waals surface area (Å²) in [7, 11) is -6.34. The van der Waals surface area contributed by atoms with Gasteiger partial charge in [0.25, 0.3) is 0 Å². The van der Waals surface area contributed by atoms with Gasteiger partial charge in [-0.3, -0.25) is 9.59 Å². The summed E-state index contributed by atoms with van der Waals surface area (Å²) in [4.78, 5) is 22.6. The second kappa shape index (κ2) is 10.8. The summed E-state index contributed by atoms with van der Waals surface area (Å²) in [5.74, 6) is -1.37. The van der Waals surface area contributed by atoms with Crippen LogP contribution in [0.1, 0.15) is 72.1 Å². The lowest BCUT2D eigenvalue weighted by Crippen LogP contribution is -2.35. The SMILES string of the molecule is CC1CC(NS(=O)(=O)C2CC2)CC1C(=O)O.CCOC(=O)C1CC(NS(=O)(=O)C2CC2)CC1C. The first-order valence-corrected chi connectivity index (χ1v) is 15.3. The van der Waals surface area contributed by atoms with Gasteiger partial charge in [0, 0.05) is 12.1 Å². The van der Waals surface area contributed by atoms with Crippen LogP contribution in [0.5, 0.6) is 0 Å². The van der Waals surface area contributed by atoms with E-state index >= 15 is 0 Å². The van der Waals surface area contributed by atoms with E-state index in [9.17, 15) is 26.4 Å². The van der Waals surface area contributed by atoms with Crippen LogP contribution in [0.25, 0.3) is 0 Å². The fourth-order valence-electron chi connectivity index (χ4n) is 5.02. The van der Waals surface area contributed by atoms with Crippen molar-refractivity contribution >= 4 is 32.0 Å². The summed E-state index contributed by atoms with van der Waals surface area (Å²) in [5, 5.41) is 8.51. The van der Waals surface area contributed by atoms with Crippen molar-refractivity contribution in [3.05, 3.63) is 0 Å². The molecule has 34 heavy (non-hydrogen) atoms. The lowest BCUT2D eigenvalue weighted by Gasteiger charge is -2.13. The molecule has 12 heteroatoms. The minimum absolute atomic E-state index is 0.0457. The van der Waals surface area contributed by atoms with E-state index in [2.05, 4.69) is 9.44 Å². The van der Waals surface area contributed by atoms with E-state index in [4.69, 9.17) is 9.84 Å². The molecule has 0 aromatic carbocycles. The highest BCUT2D eigenvalue weighted by atomic mass is 32.2. The first-order valence-electron chi connectivity index (χ1n) is 12.3. The molecule has 4 saturated carbocycles. The van der Waals surface area contributed by atoms with Crippen molar-refractivity contribution in [1.82, 2.24) is 9.44 Å². The fourth-order valence-corrected chi connectivity index (χ4v) is 8.24. The minimum Gasteiger partial charge on any atom is -0.481 e. The van der Waals surface area contributed by atoms with Gasteiger partial charge in [-0.1, -0.05) is 13.8 Å². The van der Waals surface area contributed by atoms with Crippen LogP contribution in [0.3, 0.4) is 0 Å². The smallest absolute Gasteiger partial charge is 0.309 e. The first kappa shape index (κ1) is 27.3. The molecule has 6 unspecified atom stereocenters. The molecule has 6 atom stereocenters. The van der Waals surface area contributed by atoms with Gasteiger partial charge >= 0.3 is 11.9 Å². The number of aliphatic carboxylic acids is 1. The zero-order chi connectivity index (χ0) is 25.3. The number of carboxylic acid groups (broad SMARTS) is 1. The number of carbonyl (C=O) groups is 2. The Hall–Kier alpha value is -1.24. The second-order valence-electron chi connectivity index (χ2n) is 10.3. The maximum Gasteiger partial charge on any atom is 0.309 e. The summed E-state index contributed by atoms with van der Waals surface area (Å²) in [6.07, 6.45) is 5.32. The Balaban J connectivity index is 0.000000192. The molecule has 0 amide bonds. The standard InChI is InChI=1S/C12H21NO4S.C10H17NO4S/c1-3-17-12(14)11-7-9(6-8(11)2)13-18(15,16)10-4-5-10;1-6-4-7(5-9(6)10(12)13)11-16(14,15)8-2-3-8/h8-11,13H,3-7H2,1-2H3;6-9,11H,2-5H2,1H3,(H,12,13). The largest absolute Gasteiger partial charge is 0.481 e. The zero-order valence-corrected chi connectivity index (χ0v) is 21.7. The van der Waals surface area contributed by atoms with E-state index in [0.717, 1.165) is 32.1 Å². The van der Waals surface area contributed by atoms with Crippen LogP contribution in [0.4, 0.5) is 0 Å². The highest BCUT2D eigenvalue weighted by Crippen LogP contribution is 2.36. The molecular weight excluding hydrogens is 484 g/mol. The zero-order valence-electron chi connectivity index (χ0n) is 20.1. The molecule has 3 N–H and O–H groups in total. The van der Waals surface area contributed by atoms with Crippen LogP contribution in [0.2, 0.25) is 0 Å². The lowest BCUT2D eigenvalue weighted by atomic mass is 9.99. The van der Waals surface area contributed by atoms with E-state index in [1.165, 1.54) is 0 Å². The second-order valence-corrected chi connectivity index (χ2v) is 14.3. The molecule has 0 heterocycles. The Kier molecular flexibility index (Phi) is 8.68. The summed E-state index contributed by atoms with van der Waals surface area (Å²) >= 11 is 0. The van der Waals surface area contributed by atoms with Crippen molar-refractivity contribution in [1.29, 1.82) is 0 Å². The van der Waals surface area contributed by atoms with Crippen molar-refractivity contribution in [3.63, 3.8) is 0 Å². The molecule has 0 aliphatic heterocycles. The summed E-state index contributed by atoms with van der Waals surface area (Å²) < 4.78 is 57.4. The third-order valence-corrected chi connectivity index (χ3v) is 11.3. The molecular formula is C22H38N2O8S2. The Bertz CT molecular complexity index is 959. The van der Waals surface area contributed by atoms with Crippen molar-refractivity contribution in [2.75, 3.05) is 6.61 Å². The van der Waals surface area contributed by atoms with Crippen molar-refractivity contribution < 1.29 is 36.3 Å². The van der Waals surface area contributed by atoms with Crippen LogP contribution in [0, 0.1) is 23.7 Å². The molecule has 0 aromatic heterocycles. The van der Waals surface area contributed by atoms with E-state index in [1.807, 2.05) is 13.8 Å². The molecule has 4 aliphatic carbocycles. The number of hydrogen-bond donors (Lipinski definition) is 3. The van der Waals surface area contributed by atoms with Gasteiger partial charge in [-0.15, -0.1) is 0 Å². The number of esters is 1. The van der Waals surface area contributed by atoms with Crippen molar-refractivity contribution in [2.24, 2.45) is 23.7 Å². The molecule has 10 nitrogen and oxygen atoms in total. The van der Waals surface area contributed by atoms with E-state index < -0.39 is 31.9 Å². The maximum atomic E-state index is 11.8. The van der Waals surface area contributed by atoms with Crippen LogP contribution >= 0.6 is 0 Å². The van der Waals surface area contributed by atoms with E-state index in [1.54, 1.807) is 6.92 Å². The van der Waals surface area contributed by atoms with Crippen LogP contribution in [-0.4, -0.2) is 63.1 Å². The van der Waals surface area contributed by atoms with E-state index in [-0.39, 0.29) is 46.3 Å². The topological polar surface area (TPSA) is 156 Å². The molecule has 0 saturated heterocycles. The van der Waals surface area contributed by atoms with Crippen molar-refractivity contribution in [3.8, 4) is 0 Å². The maximum absolute atomic E-state index is 11.8. The highest BCUT2D eigenvalue weighted by molar-refractivity contribution is 7.90. The van der Waals surface area contributed by atoms with Gasteiger partial charge in [0.05, 0.1) is 28.9 Å². The quantitative estimate of drug-likeness (QED) is 0.386. The number of ether oxygens (including phenoxy) is 1. The van der Waals surface area contributed by atoms with Crippen LogP contribution in [0.15, 0.2) is 0 Å². The van der Waals surface area contributed by atoms with Gasteiger partial charge in [-0.2, -0.15) is 0 Å². The predicted octanol–water partition coefficient (Wildman–Crippen LogP) is 1.61. The summed E-state index contributed by atoms with van der Waals surface area (Å²) in [5.41, 5.74) is 0. The normalized spacial score (nSPS) is 33.7. The molecule has 4 fully saturated rings. The number of carbonyl (C=O) groups excluding carboxylic acids is 1. The molecule has 0 spiro atoms. The Labute approximate surface area is 202 Å². The number of sulfonamides is 2. The molecule has 4 aliphatic rings. The number of rotatable bonds is 9. The first-order chi connectivity index (χ1) is 15.8. The average molecular weight is 523 g/mol. The van der Waals surface area contributed by atoms with Gasteiger partial charge in [-0.25, -0.2) is 26.3 Å². The summed E-state index contributed by atoms with van der Waals surface area (Å²) in [6.45, 7) is 6.00. The molecule has 4 rings (SSSR count). The highest BCUT2D eigenvalue weighted by Gasteiger charge is 2.43. The number of carboxylic acids is 1. The Morgan fingerprint density at radius 2 is 1.21 bits per heavy atom. The van der Waals surface area contributed by atoms with Gasteiger partial charge in [0.2, 0.25) is 20.0 Å². The molecule has 0 aromatic rings. The summed E-state index contributed by atoms with van der Waals surface area (Å²) in [6, 6.07) is -0.304. The molecule has 0 bridgehead atoms. The van der Waals surface area contributed by atoms with Gasteiger partial charge in [-0.05, 0) is 70.1 Å². The van der Waals surface area contributed by atoms with Crippen LogP contribution in [-0.2, 0) is 34.4 Å². The fraction of sp³-hybridized carbons (Fsp3) is 0.909. The number of hydrogen-bond acceptors (Lipinski definition) is 7. The van der Waals surface area contributed by atoms with Gasteiger partial charge in [0.15, 0.2) is 0 Å². The third-order valence-electron chi connectivity index (χ3n) is 7.26. The van der Waals surface area contributed by atoms with Crippen LogP contribution < -0.4 is 9.44 Å². The Morgan fingerprint density at radius 1 is 0.794 bits per heavy atom. The third kappa shape index (κ3) is 7.14.